The molecule has 126 valence electrons. The molecule has 0 aliphatic carbocycles. The van der Waals surface area contributed by atoms with E-state index >= 15 is 0 Å². The van der Waals surface area contributed by atoms with Crippen LogP contribution in [0.25, 0.3) is 0 Å². The number of morpholine rings is 1. The molecular weight excluding hydrogens is 320 g/mol. The minimum atomic E-state index is -0.147. The highest BCUT2D eigenvalue weighted by Gasteiger charge is 2.19. The molecule has 3 rings (SSSR count). The van der Waals surface area contributed by atoms with Crippen molar-refractivity contribution in [3.8, 4) is 11.5 Å². The smallest absolute Gasteiger partial charge is 0.251 e. The molecule has 2 aliphatic heterocycles. The number of nitrogens with zero attached hydrogens (tertiary/aromatic N) is 1. The van der Waals surface area contributed by atoms with Crippen LogP contribution in [0.1, 0.15) is 16.8 Å². The molecule has 0 spiro atoms. The van der Waals surface area contributed by atoms with Gasteiger partial charge in [0.25, 0.3) is 5.91 Å². The standard InChI is InChI=1S/C16H21ClN2O4/c17-13-10-12(11-14-15(13)23-9-8-22-14)16(20)18-2-1-3-19-4-6-21-7-5-19/h10-11H,1-9H2,(H,18,20). The Balaban J connectivity index is 1.49. The molecular formula is C16H21ClN2O4. The number of rotatable bonds is 5. The molecule has 1 N–H and O–H groups in total. The van der Waals surface area contributed by atoms with Crippen LogP contribution in [0.3, 0.4) is 0 Å². The van der Waals surface area contributed by atoms with Gasteiger partial charge in [-0.2, -0.15) is 0 Å². The van der Waals surface area contributed by atoms with Crippen molar-refractivity contribution in [3.05, 3.63) is 22.7 Å². The van der Waals surface area contributed by atoms with Gasteiger partial charge in [0.05, 0.1) is 18.2 Å². The molecule has 1 aromatic rings. The van der Waals surface area contributed by atoms with Gasteiger partial charge in [0.1, 0.15) is 13.2 Å². The average Bonchev–Trinajstić information content (AvgIpc) is 2.59. The number of hydrogen-bond acceptors (Lipinski definition) is 5. The SMILES string of the molecule is O=C(NCCCN1CCOCC1)c1cc(Cl)c2c(c1)OCCO2. The Morgan fingerprint density at radius 3 is 2.78 bits per heavy atom. The zero-order chi connectivity index (χ0) is 16.1. The highest BCUT2D eigenvalue weighted by molar-refractivity contribution is 6.32. The Labute approximate surface area is 140 Å². The first-order valence-corrected chi connectivity index (χ1v) is 8.29. The molecule has 1 amide bonds. The van der Waals surface area contributed by atoms with Crippen LogP contribution in [-0.4, -0.2) is 63.4 Å². The third-order valence-corrected chi connectivity index (χ3v) is 4.18. The summed E-state index contributed by atoms with van der Waals surface area (Å²) in [6, 6.07) is 3.30. The van der Waals surface area contributed by atoms with E-state index in [-0.39, 0.29) is 5.91 Å². The van der Waals surface area contributed by atoms with Crippen molar-refractivity contribution in [2.45, 2.75) is 6.42 Å². The first-order valence-electron chi connectivity index (χ1n) is 7.91. The monoisotopic (exact) mass is 340 g/mol. The summed E-state index contributed by atoms with van der Waals surface area (Å²) in [5, 5.41) is 3.32. The lowest BCUT2D eigenvalue weighted by Crippen LogP contribution is -2.38. The fourth-order valence-corrected chi connectivity index (χ4v) is 2.94. The number of nitrogens with one attached hydrogen (secondary N) is 1. The molecule has 7 heteroatoms. The normalized spacial score (nSPS) is 17.8. The number of halogens is 1. The van der Waals surface area contributed by atoms with Crippen LogP contribution >= 0.6 is 11.6 Å². The van der Waals surface area contributed by atoms with E-state index in [1.807, 2.05) is 0 Å². The number of hydrogen-bond donors (Lipinski definition) is 1. The first-order chi connectivity index (χ1) is 11.2. The molecule has 6 nitrogen and oxygen atoms in total. The van der Waals surface area contributed by atoms with Crippen LogP contribution in [0.2, 0.25) is 5.02 Å². The zero-order valence-electron chi connectivity index (χ0n) is 13.0. The Morgan fingerprint density at radius 1 is 1.17 bits per heavy atom. The van der Waals surface area contributed by atoms with Crippen molar-refractivity contribution < 1.29 is 19.0 Å². The fourth-order valence-electron chi connectivity index (χ4n) is 2.67. The Kier molecular flexibility index (Phi) is 5.59. The van der Waals surface area contributed by atoms with Gasteiger partial charge in [0.15, 0.2) is 11.5 Å². The van der Waals surface area contributed by atoms with Gasteiger partial charge in [-0.15, -0.1) is 0 Å². The summed E-state index contributed by atoms with van der Waals surface area (Å²) in [5.41, 5.74) is 0.491. The predicted molar refractivity (Wildman–Crippen MR) is 86.7 cm³/mol. The summed E-state index contributed by atoms with van der Waals surface area (Å²) in [5.74, 6) is 0.898. The number of ether oxygens (including phenoxy) is 3. The molecule has 0 saturated carbocycles. The Bertz CT molecular complexity index is 561. The van der Waals surface area contributed by atoms with Crippen molar-refractivity contribution >= 4 is 17.5 Å². The highest BCUT2D eigenvalue weighted by Crippen LogP contribution is 2.38. The van der Waals surface area contributed by atoms with Crippen LogP contribution < -0.4 is 14.8 Å². The summed E-state index contributed by atoms with van der Waals surface area (Å²) in [4.78, 5) is 14.6. The maximum Gasteiger partial charge on any atom is 0.251 e. The van der Waals surface area contributed by atoms with Crippen LogP contribution in [0.4, 0.5) is 0 Å². The van der Waals surface area contributed by atoms with Crippen molar-refractivity contribution in [3.63, 3.8) is 0 Å². The molecule has 0 aromatic heterocycles. The van der Waals surface area contributed by atoms with Gasteiger partial charge in [-0.05, 0) is 25.1 Å². The van der Waals surface area contributed by atoms with Gasteiger partial charge in [0, 0.05) is 25.2 Å². The van der Waals surface area contributed by atoms with E-state index in [1.54, 1.807) is 12.1 Å². The lowest BCUT2D eigenvalue weighted by atomic mass is 10.1. The summed E-state index contributed by atoms with van der Waals surface area (Å²) < 4.78 is 16.3. The van der Waals surface area contributed by atoms with Gasteiger partial charge in [-0.3, -0.25) is 9.69 Å². The second-order valence-corrected chi connectivity index (χ2v) is 5.95. The van der Waals surface area contributed by atoms with E-state index in [1.165, 1.54) is 0 Å². The number of amides is 1. The maximum absolute atomic E-state index is 12.2. The van der Waals surface area contributed by atoms with Gasteiger partial charge < -0.3 is 19.5 Å². The van der Waals surface area contributed by atoms with Crippen LogP contribution in [0, 0.1) is 0 Å². The van der Waals surface area contributed by atoms with Gasteiger partial charge >= 0.3 is 0 Å². The lowest BCUT2D eigenvalue weighted by Gasteiger charge is -2.26. The summed E-state index contributed by atoms with van der Waals surface area (Å²) >= 11 is 6.15. The lowest BCUT2D eigenvalue weighted by molar-refractivity contribution is 0.0374. The van der Waals surface area contributed by atoms with E-state index < -0.39 is 0 Å². The number of carbonyl (C=O) groups is 1. The molecule has 1 aromatic carbocycles. The molecule has 1 saturated heterocycles. The van der Waals surface area contributed by atoms with Crippen molar-refractivity contribution in [1.82, 2.24) is 10.2 Å². The largest absolute Gasteiger partial charge is 0.486 e. The molecule has 0 unspecified atom stereocenters. The third kappa shape index (κ3) is 4.28. The van der Waals surface area contributed by atoms with Crippen LogP contribution in [-0.2, 0) is 4.74 Å². The minimum absolute atomic E-state index is 0.147. The van der Waals surface area contributed by atoms with Crippen LogP contribution in [0.5, 0.6) is 11.5 Å². The Morgan fingerprint density at radius 2 is 1.96 bits per heavy atom. The summed E-state index contributed by atoms with van der Waals surface area (Å²) in [6.07, 6.45) is 0.907. The Hall–Kier alpha value is -1.50. The summed E-state index contributed by atoms with van der Waals surface area (Å²) in [7, 11) is 0. The van der Waals surface area contributed by atoms with E-state index in [4.69, 9.17) is 25.8 Å². The molecule has 2 aliphatic rings. The van der Waals surface area contributed by atoms with E-state index in [0.29, 0.717) is 41.8 Å². The molecule has 1 fully saturated rings. The number of fused-ring (bicyclic) bond motifs is 1. The fraction of sp³-hybridized carbons (Fsp3) is 0.562. The van der Waals surface area contributed by atoms with Crippen molar-refractivity contribution in [1.29, 1.82) is 0 Å². The second-order valence-electron chi connectivity index (χ2n) is 5.55. The molecule has 2 heterocycles. The van der Waals surface area contributed by atoms with E-state index in [9.17, 15) is 4.79 Å². The second kappa shape index (κ2) is 7.86. The predicted octanol–water partition coefficient (Wildman–Crippen LogP) is 1.56. The molecule has 0 atom stereocenters. The van der Waals surface area contributed by atoms with Gasteiger partial charge in [-0.1, -0.05) is 11.6 Å². The highest BCUT2D eigenvalue weighted by atomic mass is 35.5. The molecule has 0 radical (unpaired) electrons. The maximum atomic E-state index is 12.2. The van der Waals surface area contributed by atoms with Crippen molar-refractivity contribution in [2.24, 2.45) is 0 Å². The quantitative estimate of drug-likeness (QED) is 0.824. The zero-order valence-corrected chi connectivity index (χ0v) is 13.7. The molecule has 0 bridgehead atoms. The van der Waals surface area contributed by atoms with Gasteiger partial charge in [-0.25, -0.2) is 0 Å². The third-order valence-electron chi connectivity index (χ3n) is 3.90. The molecule has 23 heavy (non-hydrogen) atoms. The first kappa shape index (κ1) is 16.4. The number of carbonyl (C=O) groups excluding carboxylic acids is 1. The average molecular weight is 341 g/mol. The summed E-state index contributed by atoms with van der Waals surface area (Å²) in [6.45, 7) is 6.04. The topological polar surface area (TPSA) is 60.0 Å². The van der Waals surface area contributed by atoms with E-state index in [0.717, 1.165) is 39.3 Å². The van der Waals surface area contributed by atoms with Crippen molar-refractivity contribution in [2.75, 3.05) is 52.6 Å². The minimum Gasteiger partial charge on any atom is -0.486 e. The number of benzene rings is 1. The van der Waals surface area contributed by atoms with Gasteiger partial charge in [0.2, 0.25) is 0 Å². The van der Waals surface area contributed by atoms with Crippen LogP contribution in [0.15, 0.2) is 12.1 Å². The van der Waals surface area contributed by atoms with E-state index in [2.05, 4.69) is 10.2 Å².